The Morgan fingerprint density at radius 3 is 2.74 bits per heavy atom. The smallest absolute Gasteiger partial charge is 0.254 e. The standard InChI is InChI=1S/C25H29N5O3S/c1-17-5-3-7-22(18(17)2)28-23(31)14-30(13-21-6-4-12-33-21)24(32)20-10-8-19(9-11-20)15-34-25-26-16-27-29-25/h3,5,7-11,16,21H,4,6,12-15H2,1-2H3,(H,28,31)(H,26,27,29)/t21-/m0/s1. The van der Waals surface area contributed by atoms with Crippen LogP contribution in [0, 0.1) is 13.8 Å². The minimum Gasteiger partial charge on any atom is -0.376 e. The number of carbonyl (C=O) groups is 2. The summed E-state index contributed by atoms with van der Waals surface area (Å²) in [5.41, 5.74) is 4.50. The van der Waals surface area contributed by atoms with E-state index in [2.05, 4.69) is 20.5 Å². The molecule has 0 radical (unpaired) electrons. The molecule has 1 fully saturated rings. The van der Waals surface area contributed by atoms with Gasteiger partial charge < -0.3 is 15.0 Å². The number of nitrogens with zero attached hydrogens (tertiary/aromatic N) is 3. The van der Waals surface area contributed by atoms with Crippen molar-refractivity contribution in [3.05, 3.63) is 71.0 Å². The number of aryl methyl sites for hydroxylation is 1. The number of rotatable bonds is 9. The fourth-order valence-corrected chi connectivity index (χ4v) is 4.58. The number of amides is 2. The Labute approximate surface area is 203 Å². The topological polar surface area (TPSA) is 100 Å². The highest BCUT2D eigenvalue weighted by atomic mass is 32.2. The Morgan fingerprint density at radius 1 is 1.21 bits per heavy atom. The summed E-state index contributed by atoms with van der Waals surface area (Å²) in [6.07, 6.45) is 3.29. The van der Waals surface area contributed by atoms with Crippen LogP contribution < -0.4 is 5.32 Å². The van der Waals surface area contributed by atoms with Crippen LogP contribution in [0.1, 0.15) is 39.9 Å². The third-order valence-electron chi connectivity index (χ3n) is 5.92. The average Bonchev–Trinajstić information content (AvgIpc) is 3.55. The largest absolute Gasteiger partial charge is 0.376 e. The van der Waals surface area contributed by atoms with E-state index in [1.54, 1.807) is 4.90 Å². The van der Waals surface area contributed by atoms with Crippen molar-refractivity contribution in [2.45, 2.75) is 43.7 Å². The molecule has 2 heterocycles. The van der Waals surface area contributed by atoms with Gasteiger partial charge in [-0.2, -0.15) is 5.10 Å². The zero-order valence-electron chi connectivity index (χ0n) is 19.4. The van der Waals surface area contributed by atoms with Crippen LogP contribution in [0.2, 0.25) is 0 Å². The Bertz CT molecular complexity index is 1110. The van der Waals surface area contributed by atoms with Crippen LogP contribution >= 0.6 is 11.8 Å². The van der Waals surface area contributed by atoms with E-state index in [0.717, 1.165) is 40.4 Å². The van der Waals surface area contributed by atoms with Crippen molar-refractivity contribution in [2.75, 3.05) is 25.0 Å². The van der Waals surface area contributed by atoms with Crippen LogP contribution in [0.25, 0.3) is 0 Å². The molecule has 2 amide bonds. The molecule has 0 saturated carbocycles. The van der Waals surface area contributed by atoms with Crippen LogP contribution in [0.3, 0.4) is 0 Å². The first-order chi connectivity index (χ1) is 16.5. The quantitative estimate of drug-likeness (QED) is 0.451. The molecule has 1 aliphatic heterocycles. The zero-order chi connectivity index (χ0) is 23.9. The lowest BCUT2D eigenvalue weighted by Crippen LogP contribution is -2.42. The van der Waals surface area contributed by atoms with Gasteiger partial charge >= 0.3 is 0 Å². The number of nitrogens with one attached hydrogen (secondary N) is 2. The van der Waals surface area contributed by atoms with E-state index in [-0.39, 0.29) is 24.5 Å². The van der Waals surface area contributed by atoms with Crippen molar-refractivity contribution in [3.8, 4) is 0 Å². The first-order valence-corrected chi connectivity index (χ1v) is 12.3. The second kappa shape index (κ2) is 11.3. The highest BCUT2D eigenvalue weighted by Crippen LogP contribution is 2.21. The lowest BCUT2D eigenvalue weighted by Gasteiger charge is -2.25. The maximum Gasteiger partial charge on any atom is 0.254 e. The van der Waals surface area contributed by atoms with Gasteiger partial charge in [-0.15, -0.1) is 0 Å². The van der Waals surface area contributed by atoms with Gasteiger partial charge in [0.15, 0.2) is 5.16 Å². The van der Waals surface area contributed by atoms with Crippen LogP contribution in [0.5, 0.6) is 0 Å². The summed E-state index contributed by atoms with van der Waals surface area (Å²) in [5, 5.41) is 10.4. The predicted molar refractivity (Wildman–Crippen MR) is 132 cm³/mol. The third kappa shape index (κ3) is 6.24. The number of benzene rings is 2. The SMILES string of the molecule is Cc1cccc(NC(=O)CN(C[C@@H]2CCCO2)C(=O)c2ccc(CSc3ncn[nH]3)cc2)c1C. The van der Waals surface area contributed by atoms with Gasteiger partial charge in [0.05, 0.1) is 6.10 Å². The maximum absolute atomic E-state index is 13.4. The molecular weight excluding hydrogens is 450 g/mol. The van der Waals surface area contributed by atoms with Crippen molar-refractivity contribution in [2.24, 2.45) is 0 Å². The second-order valence-corrected chi connectivity index (χ2v) is 9.36. The molecule has 9 heteroatoms. The number of aromatic amines is 1. The van der Waals surface area contributed by atoms with Gasteiger partial charge in [0, 0.05) is 30.2 Å². The van der Waals surface area contributed by atoms with E-state index >= 15 is 0 Å². The number of aromatic nitrogens is 3. The molecule has 0 spiro atoms. The predicted octanol–water partition coefficient (Wildman–Crippen LogP) is 3.97. The fourth-order valence-electron chi connectivity index (χ4n) is 3.84. The van der Waals surface area contributed by atoms with Crippen LogP contribution in [-0.2, 0) is 15.3 Å². The first kappa shape index (κ1) is 24.0. The number of anilines is 1. The summed E-state index contributed by atoms with van der Waals surface area (Å²) < 4.78 is 5.75. The van der Waals surface area contributed by atoms with E-state index in [4.69, 9.17) is 4.74 Å². The molecule has 3 aromatic rings. The molecule has 178 valence electrons. The normalized spacial score (nSPS) is 15.3. The number of H-pyrrole nitrogens is 1. The molecule has 0 aliphatic carbocycles. The Kier molecular flexibility index (Phi) is 7.97. The van der Waals surface area contributed by atoms with Crippen LogP contribution in [0.15, 0.2) is 53.9 Å². The zero-order valence-corrected chi connectivity index (χ0v) is 20.2. The number of hydrogen-bond donors (Lipinski definition) is 2. The Balaban J connectivity index is 1.43. The highest BCUT2D eigenvalue weighted by molar-refractivity contribution is 7.98. The molecule has 0 bridgehead atoms. The summed E-state index contributed by atoms with van der Waals surface area (Å²) in [5.74, 6) is 0.308. The van der Waals surface area contributed by atoms with Crippen molar-refractivity contribution in [3.63, 3.8) is 0 Å². The van der Waals surface area contributed by atoms with Gasteiger partial charge in [0.25, 0.3) is 5.91 Å². The summed E-state index contributed by atoms with van der Waals surface area (Å²) in [6.45, 7) is 5.03. The fraction of sp³-hybridized carbons (Fsp3) is 0.360. The van der Waals surface area contributed by atoms with Crippen LogP contribution in [0.4, 0.5) is 5.69 Å². The van der Waals surface area contributed by atoms with Gasteiger partial charge in [-0.1, -0.05) is 36.0 Å². The van der Waals surface area contributed by atoms with Crippen molar-refractivity contribution in [1.82, 2.24) is 20.1 Å². The van der Waals surface area contributed by atoms with Gasteiger partial charge in [0.1, 0.15) is 12.9 Å². The summed E-state index contributed by atoms with van der Waals surface area (Å²) >= 11 is 1.54. The molecule has 1 aromatic heterocycles. The van der Waals surface area contributed by atoms with E-state index in [9.17, 15) is 9.59 Å². The number of thioether (sulfide) groups is 1. The summed E-state index contributed by atoms with van der Waals surface area (Å²) in [6, 6.07) is 13.3. The Hall–Kier alpha value is -3.17. The lowest BCUT2D eigenvalue weighted by molar-refractivity contribution is -0.117. The Morgan fingerprint density at radius 2 is 2.03 bits per heavy atom. The molecular formula is C25H29N5O3S. The van der Waals surface area contributed by atoms with E-state index in [0.29, 0.717) is 24.5 Å². The number of ether oxygens (including phenoxy) is 1. The third-order valence-corrected chi connectivity index (χ3v) is 6.87. The van der Waals surface area contributed by atoms with Crippen molar-refractivity contribution in [1.29, 1.82) is 0 Å². The summed E-state index contributed by atoms with van der Waals surface area (Å²) in [7, 11) is 0. The van der Waals surface area contributed by atoms with Gasteiger partial charge in [-0.25, -0.2) is 4.98 Å². The highest BCUT2D eigenvalue weighted by Gasteiger charge is 2.25. The van der Waals surface area contributed by atoms with Gasteiger partial charge in [0.2, 0.25) is 5.91 Å². The van der Waals surface area contributed by atoms with E-state index < -0.39 is 0 Å². The molecule has 2 aromatic carbocycles. The minimum absolute atomic E-state index is 0.0326. The lowest BCUT2D eigenvalue weighted by atomic mass is 10.1. The molecule has 1 aliphatic rings. The monoisotopic (exact) mass is 479 g/mol. The molecule has 1 saturated heterocycles. The van der Waals surface area contributed by atoms with Crippen molar-refractivity contribution < 1.29 is 14.3 Å². The molecule has 8 nitrogen and oxygen atoms in total. The van der Waals surface area contributed by atoms with Gasteiger partial charge in [-0.3, -0.25) is 14.7 Å². The molecule has 0 unspecified atom stereocenters. The van der Waals surface area contributed by atoms with E-state index in [1.807, 2.05) is 56.3 Å². The molecule has 1 atom stereocenters. The van der Waals surface area contributed by atoms with Crippen molar-refractivity contribution >= 4 is 29.3 Å². The first-order valence-electron chi connectivity index (χ1n) is 11.3. The van der Waals surface area contributed by atoms with Gasteiger partial charge in [-0.05, 0) is 61.6 Å². The molecule has 2 N–H and O–H groups in total. The number of carbonyl (C=O) groups excluding carboxylic acids is 2. The average molecular weight is 480 g/mol. The van der Waals surface area contributed by atoms with E-state index in [1.165, 1.54) is 18.1 Å². The molecule has 4 rings (SSSR count). The second-order valence-electron chi connectivity index (χ2n) is 8.39. The molecule has 34 heavy (non-hydrogen) atoms. The number of hydrogen-bond acceptors (Lipinski definition) is 6. The maximum atomic E-state index is 13.4. The summed E-state index contributed by atoms with van der Waals surface area (Å²) in [4.78, 5) is 31.9. The minimum atomic E-state index is -0.222. The van der Waals surface area contributed by atoms with Crippen LogP contribution in [-0.4, -0.2) is 57.7 Å².